The van der Waals surface area contributed by atoms with Gasteiger partial charge >= 0.3 is 0 Å². The molecule has 1 aliphatic heterocycles. The average molecular weight is 355 g/mol. The lowest BCUT2D eigenvalue weighted by atomic mass is 10.0. The maximum absolute atomic E-state index is 8.97. The Labute approximate surface area is 141 Å². The number of halogens is 1. The van der Waals surface area contributed by atoms with Crippen LogP contribution in [0, 0.1) is 11.3 Å². The molecule has 0 aliphatic carbocycles. The van der Waals surface area contributed by atoms with Crippen molar-refractivity contribution in [1.29, 1.82) is 5.26 Å². The third-order valence-electron chi connectivity index (χ3n) is 3.90. The van der Waals surface area contributed by atoms with Gasteiger partial charge in [0.2, 0.25) is 0 Å². The molecule has 0 radical (unpaired) electrons. The number of nitrogens with zero attached hydrogens (tertiary/aromatic N) is 2. The van der Waals surface area contributed by atoms with Gasteiger partial charge in [0.05, 0.1) is 18.5 Å². The molecule has 0 saturated carbocycles. The van der Waals surface area contributed by atoms with Crippen molar-refractivity contribution in [3.63, 3.8) is 0 Å². The zero-order valence-electron chi connectivity index (χ0n) is 12.3. The molecule has 0 bridgehead atoms. The topological polar surface area (TPSA) is 53.0 Å². The largest absolute Gasteiger partial charge is 1.00 e. The SMILES string of the molecule is CC(C#N)c1ccc(N2Cc3ccccc3C=C2N)cc1.[Br-]. The minimum Gasteiger partial charge on any atom is -1.00 e. The highest BCUT2D eigenvalue weighted by atomic mass is 79.9. The molecule has 2 aromatic carbocycles. The summed E-state index contributed by atoms with van der Waals surface area (Å²) in [6, 6.07) is 18.6. The number of fused-ring (bicyclic) bond motifs is 1. The number of hydrogen-bond donors (Lipinski definition) is 1. The van der Waals surface area contributed by atoms with Crippen molar-refractivity contribution in [2.75, 3.05) is 4.90 Å². The molecule has 1 unspecified atom stereocenters. The molecule has 112 valence electrons. The van der Waals surface area contributed by atoms with Crippen LogP contribution in [0.3, 0.4) is 0 Å². The molecule has 1 atom stereocenters. The van der Waals surface area contributed by atoms with Gasteiger partial charge in [0.1, 0.15) is 5.82 Å². The van der Waals surface area contributed by atoms with Crippen LogP contribution in [0.15, 0.2) is 54.4 Å². The quantitative estimate of drug-likeness (QED) is 0.858. The highest BCUT2D eigenvalue weighted by molar-refractivity contribution is 5.67. The molecule has 0 saturated heterocycles. The zero-order chi connectivity index (χ0) is 14.8. The number of anilines is 1. The van der Waals surface area contributed by atoms with Gasteiger partial charge in [-0.05, 0) is 41.8 Å². The van der Waals surface area contributed by atoms with Gasteiger partial charge < -0.3 is 27.6 Å². The summed E-state index contributed by atoms with van der Waals surface area (Å²) >= 11 is 0. The van der Waals surface area contributed by atoms with E-state index in [1.807, 2.05) is 49.4 Å². The third kappa shape index (κ3) is 3.00. The molecule has 0 fully saturated rings. The maximum Gasteiger partial charge on any atom is 0.104 e. The zero-order valence-corrected chi connectivity index (χ0v) is 13.9. The summed E-state index contributed by atoms with van der Waals surface area (Å²) in [4.78, 5) is 2.09. The lowest BCUT2D eigenvalue weighted by Gasteiger charge is -2.29. The Morgan fingerprint density at radius 1 is 1.14 bits per heavy atom. The van der Waals surface area contributed by atoms with Crippen LogP contribution in [0.25, 0.3) is 6.08 Å². The van der Waals surface area contributed by atoms with Gasteiger partial charge in [-0.25, -0.2) is 0 Å². The summed E-state index contributed by atoms with van der Waals surface area (Å²) in [5.74, 6) is 0.656. The van der Waals surface area contributed by atoms with Crippen LogP contribution in [0.4, 0.5) is 5.69 Å². The van der Waals surface area contributed by atoms with Crippen LogP contribution >= 0.6 is 0 Å². The molecule has 2 N–H and O–H groups in total. The summed E-state index contributed by atoms with van der Waals surface area (Å²) in [5.41, 5.74) is 10.7. The van der Waals surface area contributed by atoms with E-state index in [0.717, 1.165) is 23.6 Å². The van der Waals surface area contributed by atoms with Crippen molar-refractivity contribution in [1.82, 2.24) is 0 Å². The molecular formula is C18H17BrN3-. The van der Waals surface area contributed by atoms with Crippen molar-refractivity contribution in [2.45, 2.75) is 19.4 Å². The second kappa shape index (κ2) is 6.67. The molecule has 0 spiro atoms. The summed E-state index contributed by atoms with van der Waals surface area (Å²) in [6.45, 7) is 2.67. The fraction of sp³-hybridized carbons (Fsp3) is 0.167. The number of hydrogen-bond acceptors (Lipinski definition) is 3. The fourth-order valence-corrected chi connectivity index (χ4v) is 2.58. The predicted molar refractivity (Wildman–Crippen MR) is 85.3 cm³/mol. The first-order valence-corrected chi connectivity index (χ1v) is 7.01. The number of nitriles is 1. The Morgan fingerprint density at radius 2 is 1.82 bits per heavy atom. The van der Waals surface area contributed by atoms with E-state index >= 15 is 0 Å². The van der Waals surface area contributed by atoms with Gasteiger partial charge in [-0.1, -0.05) is 36.4 Å². The Kier molecular flexibility index (Phi) is 4.89. The van der Waals surface area contributed by atoms with Crippen LogP contribution in [0.1, 0.15) is 29.5 Å². The molecule has 1 heterocycles. The van der Waals surface area contributed by atoms with Crippen LogP contribution < -0.4 is 27.6 Å². The Balaban J connectivity index is 0.00000176. The average Bonchev–Trinajstić information content (AvgIpc) is 2.53. The number of benzene rings is 2. The van der Waals surface area contributed by atoms with Crippen molar-refractivity contribution < 1.29 is 17.0 Å². The van der Waals surface area contributed by atoms with Crippen molar-refractivity contribution in [3.05, 3.63) is 71.0 Å². The van der Waals surface area contributed by atoms with Crippen LogP contribution in [0.2, 0.25) is 0 Å². The lowest BCUT2D eigenvalue weighted by molar-refractivity contribution is -0.00000450. The van der Waals surface area contributed by atoms with Gasteiger partial charge in [-0.2, -0.15) is 5.26 Å². The van der Waals surface area contributed by atoms with Crippen LogP contribution in [0.5, 0.6) is 0 Å². The molecule has 1 aliphatic rings. The first-order valence-electron chi connectivity index (χ1n) is 7.01. The molecule has 0 amide bonds. The smallest absolute Gasteiger partial charge is 0.104 e. The molecule has 3 nitrogen and oxygen atoms in total. The van der Waals surface area contributed by atoms with Crippen molar-refractivity contribution in [2.24, 2.45) is 5.73 Å². The van der Waals surface area contributed by atoms with Crippen molar-refractivity contribution >= 4 is 11.8 Å². The molecule has 0 aromatic heterocycles. The summed E-state index contributed by atoms with van der Waals surface area (Å²) in [5, 5.41) is 8.97. The molecule has 4 heteroatoms. The first kappa shape index (κ1) is 16.1. The van der Waals surface area contributed by atoms with Gasteiger partial charge in [0, 0.05) is 5.69 Å². The van der Waals surface area contributed by atoms with E-state index in [1.54, 1.807) is 0 Å². The van der Waals surface area contributed by atoms with Gasteiger partial charge in [-0.15, -0.1) is 0 Å². The highest BCUT2D eigenvalue weighted by Gasteiger charge is 2.17. The molecular weight excluding hydrogens is 338 g/mol. The molecule has 2 aromatic rings. The van der Waals surface area contributed by atoms with E-state index in [4.69, 9.17) is 11.0 Å². The maximum atomic E-state index is 8.97. The normalized spacial score (nSPS) is 14.2. The summed E-state index contributed by atoms with van der Waals surface area (Å²) in [6.07, 6.45) is 2.00. The highest BCUT2D eigenvalue weighted by Crippen LogP contribution is 2.28. The predicted octanol–water partition coefficient (Wildman–Crippen LogP) is 0.595. The van der Waals surface area contributed by atoms with Crippen molar-refractivity contribution in [3.8, 4) is 6.07 Å². The van der Waals surface area contributed by atoms with E-state index in [9.17, 15) is 0 Å². The van der Waals surface area contributed by atoms with Gasteiger partial charge in [0.15, 0.2) is 0 Å². The minimum atomic E-state index is -0.0889. The van der Waals surface area contributed by atoms with E-state index in [2.05, 4.69) is 23.1 Å². The van der Waals surface area contributed by atoms with Gasteiger partial charge in [0.25, 0.3) is 0 Å². The first-order chi connectivity index (χ1) is 10.2. The second-order valence-electron chi connectivity index (χ2n) is 5.30. The standard InChI is InChI=1S/C18H17N3.BrH/c1-13(11-19)14-6-8-17(9-7-14)21-12-16-5-3-2-4-15(16)10-18(21)20;/h2-10,13H,12,20H2,1H3;1H/p-1. The fourth-order valence-electron chi connectivity index (χ4n) is 2.58. The number of nitrogens with two attached hydrogens (primary N) is 1. The van der Waals surface area contributed by atoms with E-state index in [1.165, 1.54) is 11.1 Å². The summed E-state index contributed by atoms with van der Waals surface area (Å²) < 4.78 is 0. The van der Waals surface area contributed by atoms with Gasteiger partial charge in [-0.3, -0.25) is 0 Å². The van der Waals surface area contributed by atoms with E-state index < -0.39 is 0 Å². The Morgan fingerprint density at radius 3 is 2.50 bits per heavy atom. The van der Waals surface area contributed by atoms with Crippen LogP contribution in [-0.2, 0) is 6.54 Å². The third-order valence-corrected chi connectivity index (χ3v) is 3.90. The van der Waals surface area contributed by atoms with E-state index in [-0.39, 0.29) is 22.9 Å². The number of rotatable bonds is 2. The van der Waals surface area contributed by atoms with Crippen LogP contribution in [-0.4, -0.2) is 0 Å². The summed E-state index contributed by atoms with van der Waals surface area (Å²) in [7, 11) is 0. The van der Waals surface area contributed by atoms with E-state index in [0.29, 0.717) is 0 Å². The minimum absolute atomic E-state index is 0. The second-order valence-corrected chi connectivity index (χ2v) is 5.30. The molecule has 3 rings (SSSR count). The Hall–Kier alpha value is -2.25. The lowest BCUT2D eigenvalue weighted by Crippen LogP contribution is -3.00. The Bertz CT molecular complexity index is 729. The molecule has 22 heavy (non-hydrogen) atoms. The monoisotopic (exact) mass is 354 g/mol.